The summed E-state index contributed by atoms with van der Waals surface area (Å²) < 4.78 is 33.3. The largest absolute Gasteiger partial charge is 0.493 e. The lowest BCUT2D eigenvalue weighted by molar-refractivity contribution is -0.133. The lowest BCUT2D eigenvalue weighted by Crippen LogP contribution is -2.44. The van der Waals surface area contributed by atoms with Crippen molar-refractivity contribution in [2.24, 2.45) is 0 Å². The summed E-state index contributed by atoms with van der Waals surface area (Å²) in [6.45, 7) is 10.0. The molecule has 0 unspecified atom stereocenters. The minimum absolute atomic E-state index is 0.0529. The van der Waals surface area contributed by atoms with Gasteiger partial charge >= 0.3 is 0 Å². The van der Waals surface area contributed by atoms with E-state index in [1.165, 1.54) is 0 Å². The second-order valence-corrected chi connectivity index (χ2v) is 11.4. The van der Waals surface area contributed by atoms with Crippen molar-refractivity contribution >= 4 is 27.5 Å². The van der Waals surface area contributed by atoms with Crippen LogP contribution in [0, 0.1) is 0 Å². The van der Waals surface area contributed by atoms with Gasteiger partial charge in [-0.2, -0.15) is 0 Å². The van der Waals surface area contributed by atoms with Crippen molar-refractivity contribution in [1.29, 1.82) is 0 Å². The van der Waals surface area contributed by atoms with Gasteiger partial charge in [0.25, 0.3) is 0 Å². The molecule has 7 nitrogen and oxygen atoms in total. The Morgan fingerprint density at radius 2 is 2.00 bits per heavy atom. The molecule has 1 fully saturated rings. The highest BCUT2D eigenvalue weighted by molar-refractivity contribution is 7.89. The van der Waals surface area contributed by atoms with Crippen LogP contribution in [0.15, 0.2) is 59.5 Å². The van der Waals surface area contributed by atoms with Gasteiger partial charge in [0, 0.05) is 30.2 Å². The quantitative estimate of drug-likeness (QED) is 0.375. The molecule has 1 atom stereocenters. The fourth-order valence-electron chi connectivity index (χ4n) is 4.01. The Kier molecular flexibility index (Phi) is 10.4. The van der Waals surface area contributed by atoms with E-state index >= 15 is 0 Å². The molecule has 1 aliphatic rings. The molecule has 1 amide bonds. The summed E-state index contributed by atoms with van der Waals surface area (Å²) >= 11 is 6.27. The summed E-state index contributed by atoms with van der Waals surface area (Å²) in [4.78, 5) is 15.4. The van der Waals surface area contributed by atoms with Crippen molar-refractivity contribution in [1.82, 2.24) is 14.9 Å². The van der Waals surface area contributed by atoms with Gasteiger partial charge in [-0.15, -0.1) is 0 Å². The van der Waals surface area contributed by atoms with Crippen LogP contribution < -0.4 is 14.8 Å². The lowest BCUT2D eigenvalue weighted by atomic mass is 10.1. The van der Waals surface area contributed by atoms with Crippen molar-refractivity contribution in [3.63, 3.8) is 0 Å². The first-order valence-corrected chi connectivity index (χ1v) is 14.2. The third-order valence-electron chi connectivity index (χ3n) is 5.98. The highest BCUT2D eigenvalue weighted by atomic mass is 35.5. The van der Waals surface area contributed by atoms with E-state index in [2.05, 4.69) is 16.6 Å². The van der Waals surface area contributed by atoms with Crippen LogP contribution in [0.4, 0.5) is 0 Å². The normalized spacial score (nSPS) is 15.6. The lowest BCUT2D eigenvalue weighted by Gasteiger charge is -2.27. The van der Waals surface area contributed by atoms with Gasteiger partial charge in [0.05, 0.1) is 17.5 Å². The Hall–Kier alpha value is -2.39. The maximum absolute atomic E-state index is 13.4. The van der Waals surface area contributed by atoms with Crippen LogP contribution in [-0.4, -0.2) is 51.5 Å². The number of hydrogen-bond acceptors (Lipinski definition) is 5. The number of carbonyl (C=O) groups excluding carboxylic acids is 1. The number of ether oxygens (including phenoxy) is 1. The maximum Gasteiger partial charge on any atom is 0.240 e. The number of carbonyl (C=O) groups is 1. The standard InChI is InChI=1S/C27H36ClN3O4S/c1-4-16-35-26-12-9-23(28)17-22(26)19-31(27(32)25-6-5-14-29-25)15-13-21-7-10-24(11-8-21)36(33,34)30-18-20(2)3/h7-12,17,25,29-30H,2,4-6,13-16,18-19H2,1,3H3/t25-/m1/s1. The zero-order valence-electron chi connectivity index (χ0n) is 21.1. The average molecular weight is 534 g/mol. The molecule has 0 radical (unpaired) electrons. The molecule has 0 aromatic heterocycles. The summed E-state index contributed by atoms with van der Waals surface area (Å²) in [6, 6.07) is 12.1. The number of benzene rings is 2. The van der Waals surface area contributed by atoms with E-state index in [-0.39, 0.29) is 23.4 Å². The van der Waals surface area contributed by atoms with Gasteiger partial charge in [-0.1, -0.05) is 42.8 Å². The van der Waals surface area contributed by atoms with E-state index in [4.69, 9.17) is 16.3 Å². The second kappa shape index (κ2) is 13.2. The van der Waals surface area contributed by atoms with Crippen LogP contribution in [-0.2, 0) is 27.8 Å². The number of nitrogens with one attached hydrogen (secondary N) is 2. The van der Waals surface area contributed by atoms with Crippen LogP contribution in [0.2, 0.25) is 5.02 Å². The Morgan fingerprint density at radius 1 is 1.25 bits per heavy atom. The Morgan fingerprint density at radius 3 is 2.64 bits per heavy atom. The van der Waals surface area contributed by atoms with Crippen LogP contribution in [0.25, 0.3) is 0 Å². The fourth-order valence-corrected chi connectivity index (χ4v) is 5.31. The van der Waals surface area contributed by atoms with Gasteiger partial charge in [0.15, 0.2) is 0 Å². The van der Waals surface area contributed by atoms with E-state index in [1.54, 1.807) is 37.3 Å². The third-order valence-corrected chi connectivity index (χ3v) is 7.64. The van der Waals surface area contributed by atoms with Crippen molar-refractivity contribution in [2.75, 3.05) is 26.2 Å². The van der Waals surface area contributed by atoms with Crippen molar-refractivity contribution in [2.45, 2.75) is 57.0 Å². The molecule has 2 aromatic carbocycles. The van der Waals surface area contributed by atoms with E-state index < -0.39 is 10.0 Å². The first kappa shape index (κ1) is 28.2. The maximum atomic E-state index is 13.4. The van der Waals surface area contributed by atoms with Crippen LogP contribution >= 0.6 is 11.6 Å². The Balaban J connectivity index is 1.75. The van der Waals surface area contributed by atoms with Gasteiger partial charge < -0.3 is 15.0 Å². The molecule has 0 spiro atoms. The molecular formula is C27H36ClN3O4S. The van der Waals surface area contributed by atoms with Gasteiger partial charge in [0.1, 0.15) is 5.75 Å². The molecule has 196 valence electrons. The molecule has 0 bridgehead atoms. The topological polar surface area (TPSA) is 87.7 Å². The molecule has 1 heterocycles. The van der Waals surface area contributed by atoms with Crippen molar-refractivity contribution < 1.29 is 17.9 Å². The number of amides is 1. The van der Waals surface area contributed by atoms with E-state index in [1.807, 2.05) is 24.0 Å². The highest BCUT2D eigenvalue weighted by Crippen LogP contribution is 2.26. The number of rotatable bonds is 13. The minimum atomic E-state index is -3.60. The van der Waals surface area contributed by atoms with Crippen molar-refractivity contribution in [3.8, 4) is 5.75 Å². The van der Waals surface area contributed by atoms with E-state index in [9.17, 15) is 13.2 Å². The monoisotopic (exact) mass is 533 g/mol. The Bertz CT molecular complexity index is 1150. The molecule has 36 heavy (non-hydrogen) atoms. The predicted molar refractivity (Wildman–Crippen MR) is 144 cm³/mol. The summed E-state index contributed by atoms with van der Waals surface area (Å²) in [5, 5.41) is 3.89. The van der Waals surface area contributed by atoms with Gasteiger partial charge in [-0.25, -0.2) is 13.1 Å². The van der Waals surface area contributed by atoms with E-state index in [0.717, 1.165) is 48.3 Å². The Labute approximate surface area is 219 Å². The smallest absolute Gasteiger partial charge is 0.240 e. The summed E-state index contributed by atoms with van der Waals surface area (Å²) in [5.41, 5.74) is 2.55. The number of halogens is 1. The number of sulfonamides is 1. The first-order chi connectivity index (χ1) is 17.2. The molecule has 0 aliphatic carbocycles. The summed E-state index contributed by atoms with van der Waals surface area (Å²) in [6.07, 6.45) is 3.25. The molecular weight excluding hydrogens is 498 g/mol. The van der Waals surface area contributed by atoms with Gasteiger partial charge in [0.2, 0.25) is 15.9 Å². The molecule has 9 heteroatoms. The summed E-state index contributed by atoms with van der Waals surface area (Å²) in [5.74, 6) is 0.785. The molecule has 2 aromatic rings. The van der Waals surface area contributed by atoms with Crippen LogP contribution in [0.3, 0.4) is 0 Å². The summed E-state index contributed by atoms with van der Waals surface area (Å²) in [7, 11) is -3.60. The number of hydrogen-bond donors (Lipinski definition) is 2. The average Bonchev–Trinajstić information content (AvgIpc) is 3.40. The molecule has 1 saturated heterocycles. The zero-order chi connectivity index (χ0) is 26.1. The van der Waals surface area contributed by atoms with Crippen LogP contribution in [0.5, 0.6) is 5.75 Å². The fraction of sp³-hybridized carbons (Fsp3) is 0.444. The first-order valence-electron chi connectivity index (χ1n) is 12.4. The zero-order valence-corrected chi connectivity index (χ0v) is 22.6. The van der Waals surface area contributed by atoms with E-state index in [0.29, 0.717) is 31.1 Å². The molecule has 0 saturated carbocycles. The second-order valence-electron chi connectivity index (χ2n) is 9.18. The molecule has 1 aliphatic heterocycles. The van der Waals surface area contributed by atoms with Crippen molar-refractivity contribution in [3.05, 3.63) is 70.8 Å². The van der Waals surface area contributed by atoms with Gasteiger partial charge in [-0.3, -0.25) is 4.79 Å². The SMILES string of the molecule is C=C(C)CNS(=O)(=O)c1ccc(CCN(Cc2cc(Cl)ccc2OCCC)C(=O)[C@H]2CCCN2)cc1. The molecule has 3 rings (SSSR count). The highest BCUT2D eigenvalue weighted by Gasteiger charge is 2.27. The number of nitrogens with zero attached hydrogens (tertiary/aromatic N) is 1. The van der Waals surface area contributed by atoms with Crippen LogP contribution in [0.1, 0.15) is 44.2 Å². The molecule has 2 N–H and O–H groups in total. The third kappa shape index (κ3) is 8.06. The minimum Gasteiger partial charge on any atom is -0.493 e. The van der Waals surface area contributed by atoms with Gasteiger partial charge in [-0.05, 0) is 75.0 Å². The predicted octanol–water partition coefficient (Wildman–Crippen LogP) is 4.31.